The van der Waals surface area contributed by atoms with Crippen LogP contribution in [0.15, 0.2) is 48.8 Å². The third-order valence-electron chi connectivity index (χ3n) is 4.59. The first kappa shape index (κ1) is 18.2. The van der Waals surface area contributed by atoms with Crippen LogP contribution in [0.2, 0.25) is 0 Å². The molecule has 28 heavy (non-hydrogen) atoms. The van der Waals surface area contributed by atoms with Crippen molar-refractivity contribution in [3.63, 3.8) is 0 Å². The predicted octanol–water partition coefficient (Wildman–Crippen LogP) is 1.64. The van der Waals surface area contributed by atoms with Crippen LogP contribution in [0.1, 0.15) is 22.5 Å². The van der Waals surface area contributed by atoms with Gasteiger partial charge in [0.05, 0.1) is 24.5 Å². The number of hydrogen-bond donors (Lipinski definition) is 2. The van der Waals surface area contributed by atoms with E-state index in [4.69, 9.17) is 5.11 Å². The third-order valence-corrected chi connectivity index (χ3v) is 4.59. The Balaban J connectivity index is 1.35. The fourth-order valence-corrected chi connectivity index (χ4v) is 3.25. The summed E-state index contributed by atoms with van der Waals surface area (Å²) >= 11 is 0. The van der Waals surface area contributed by atoms with E-state index >= 15 is 0 Å². The fraction of sp³-hybridized carbons (Fsp3) is 0.286. The smallest absolute Gasteiger partial charge is 0.222 e. The molecule has 0 unspecified atom stereocenters. The van der Waals surface area contributed by atoms with Gasteiger partial charge in [-0.3, -0.25) is 9.58 Å². The maximum atomic E-state index is 8.77. The highest BCUT2D eigenvalue weighted by Crippen LogP contribution is 2.17. The maximum absolute atomic E-state index is 8.77. The molecule has 3 aromatic rings. The molecule has 0 atom stereocenters. The number of aromatic nitrogens is 4. The number of fused-ring (bicyclic) bond motifs is 1. The van der Waals surface area contributed by atoms with E-state index < -0.39 is 0 Å². The molecule has 3 heterocycles. The van der Waals surface area contributed by atoms with Crippen molar-refractivity contribution in [2.75, 3.05) is 18.5 Å². The lowest BCUT2D eigenvalue weighted by Crippen LogP contribution is -2.33. The van der Waals surface area contributed by atoms with Crippen molar-refractivity contribution in [1.29, 1.82) is 0 Å². The molecule has 1 aromatic carbocycles. The Hall–Kier alpha value is -3.21. The topological polar surface area (TPSA) is 79.1 Å². The Morgan fingerprint density at radius 2 is 1.93 bits per heavy atom. The first-order chi connectivity index (χ1) is 13.8. The molecule has 1 aliphatic heterocycles. The van der Waals surface area contributed by atoms with Crippen LogP contribution in [0.5, 0.6) is 0 Å². The minimum atomic E-state index is -0.112. The summed E-state index contributed by atoms with van der Waals surface area (Å²) in [6, 6.07) is 12.1. The molecule has 1 aliphatic rings. The average molecular weight is 374 g/mol. The van der Waals surface area contributed by atoms with Crippen LogP contribution >= 0.6 is 0 Å². The zero-order valence-corrected chi connectivity index (χ0v) is 15.5. The van der Waals surface area contributed by atoms with Crippen molar-refractivity contribution in [1.82, 2.24) is 24.6 Å². The molecule has 4 rings (SSSR count). The maximum Gasteiger partial charge on any atom is 0.222 e. The van der Waals surface area contributed by atoms with Crippen molar-refractivity contribution in [2.24, 2.45) is 0 Å². The molecule has 0 aliphatic carbocycles. The summed E-state index contributed by atoms with van der Waals surface area (Å²) in [5.41, 5.74) is 4.40. The highest BCUT2D eigenvalue weighted by Gasteiger charge is 2.18. The Morgan fingerprint density at radius 3 is 2.71 bits per heavy atom. The van der Waals surface area contributed by atoms with E-state index in [1.165, 1.54) is 11.3 Å². The van der Waals surface area contributed by atoms with Crippen molar-refractivity contribution >= 4 is 5.95 Å². The van der Waals surface area contributed by atoms with Crippen molar-refractivity contribution in [2.45, 2.75) is 26.2 Å². The van der Waals surface area contributed by atoms with E-state index in [2.05, 4.69) is 60.0 Å². The van der Waals surface area contributed by atoms with Crippen molar-refractivity contribution in [3.05, 3.63) is 71.3 Å². The minimum absolute atomic E-state index is 0.112. The molecule has 0 amide bonds. The van der Waals surface area contributed by atoms with E-state index in [0.717, 1.165) is 37.4 Å². The van der Waals surface area contributed by atoms with Crippen LogP contribution in [0.3, 0.4) is 0 Å². The molecule has 0 saturated carbocycles. The van der Waals surface area contributed by atoms with E-state index in [1.54, 1.807) is 18.5 Å². The molecule has 0 spiro atoms. The standard InChI is InChI=1S/C21H22N6O/c28-12-1-3-17-4-6-18(7-5-17)15-26-10-11-27-20(16-26)13-19(25-27)14-24-21-22-8-2-9-23-21/h2,4-9,13,28H,10-12,14-16H2,(H,22,23,24). The number of nitrogens with zero attached hydrogens (tertiary/aromatic N) is 5. The Bertz CT molecular complexity index is 972. The Kier molecular flexibility index (Phi) is 5.61. The van der Waals surface area contributed by atoms with Gasteiger partial charge in [0.25, 0.3) is 0 Å². The van der Waals surface area contributed by atoms with Gasteiger partial charge in [-0.2, -0.15) is 5.10 Å². The van der Waals surface area contributed by atoms with Crippen LogP contribution in [-0.2, 0) is 26.2 Å². The summed E-state index contributed by atoms with van der Waals surface area (Å²) in [5, 5.41) is 16.7. The van der Waals surface area contributed by atoms with Gasteiger partial charge >= 0.3 is 0 Å². The van der Waals surface area contributed by atoms with Gasteiger partial charge in [0, 0.05) is 37.6 Å². The van der Waals surface area contributed by atoms with E-state index in [0.29, 0.717) is 12.5 Å². The third kappa shape index (κ3) is 4.55. The van der Waals surface area contributed by atoms with E-state index in [1.807, 2.05) is 12.1 Å². The molecular formula is C21H22N6O. The molecule has 0 bridgehead atoms. The zero-order valence-electron chi connectivity index (χ0n) is 15.5. The number of benzene rings is 1. The summed E-state index contributed by atoms with van der Waals surface area (Å²) in [5.74, 6) is 6.21. The fourth-order valence-electron chi connectivity index (χ4n) is 3.25. The molecule has 7 nitrogen and oxygen atoms in total. The molecule has 0 saturated heterocycles. The van der Waals surface area contributed by atoms with Crippen LogP contribution < -0.4 is 5.32 Å². The SMILES string of the molecule is OCC#Cc1ccc(CN2CCn3nc(CNc4ncccn4)cc3C2)cc1. The van der Waals surface area contributed by atoms with Gasteiger partial charge in [0.1, 0.15) is 6.61 Å². The number of hydrogen-bond acceptors (Lipinski definition) is 6. The zero-order chi connectivity index (χ0) is 19.2. The molecule has 0 radical (unpaired) electrons. The molecule has 0 fully saturated rings. The average Bonchev–Trinajstić information content (AvgIpc) is 3.15. The normalized spacial score (nSPS) is 13.5. The lowest BCUT2D eigenvalue weighted by atomic mass is 10.1. The van der Waals surface area contributed by atoms with Crippen molar-refractivity contribution in [3.8, 4) is 11.8 Å². The van der Waals surface area contributed by atoms with E-state index in [9.17, 15) is 0 Å². The largest absolute Gasteiger partial charge is 0.384 e. The molecule has 2 N–H and O–H groups in total. The number of rotatable bonds is 5. The van der Waals surface area contributed by atoms with Crippen LogP contribution in [0, 0.1) is 11.8 Å². The van der Waals surface area contributed by atoms with Gasteiger partial charge in [-0.1, -0.05) is 24.0 Å². The van der Waals surface area contributed by atoms with Gasteiger partial charge in [-0.25, -0.2) is 9.97 Å². The highest BCUT2D eigenvalue weighted by molar-refractivity contribution is 5.36. The predicted molar refractivity (Wildman–Crippen MR) is 106 cm³/mol. The van der Waals surface area contributed by atoms with Crippen LogP contribution in [0.4, 0.5) is 5.95 Å². The summed E-state index contributed by atoms with van der Waals surface area (Å²) in [4.78, 5) is 10.8. The summed E-state index contributed by atoms with van der Waals surface area (Å²) in [6.45, 7) is 4.12. The lowest BCUT2D eigenvalue weighted by molar-refractivity contribution is 0.205. The number of anilines is 1. The second kappa shape index (κ2) is 8.65. The van der Waals surface area contributed by atoms with E-state index in [-0.39, 0.29) is 6.61 Å². The van der Waals surface area contributed by atoms with Gasteiger partial charge in [-0.05, 0) is 29.8 Å². The second-order valence-corrected chi connectivity index (χ2v) is 6.64. The second-order valence-electron chi connectivity index (χ2n) is 6.64. The first-order valence-corrected chi connectivity index (χ1v) is 9.28. The number of aliphatic hydroxyl groups is 1. The summed E-state index contributed by atoms with van der Waals surface area (Å²) < 4.78 is 2.09. The summed E-state index contributed by atoms with van der Waals surface area (Å²) in [7, 11) is 0. The number of nitrogens with one attached hydrogen (secondary N) is 1. The van der Waals surface area contributed by atoms with Gasteiger partial charge in [0.2, 0.25) is 5.95 Å². The van der Waals surface area contributed by atoms with Gasteiger partial charge in [0.15, 0.2) is 0 Å². The van der Waals surface area contributed by atoms with Gasteiger partial charge < -0.3 is 10.4 Å². The first-order valence-electron chi connectivity index (χ1n) is 9.28. The minimum Gasteiger partial charge on any atom is -0.384 e. The van der Waals surface area contributed by atoms with Crippen molar-refractivity contribution < 1.29 is 5.11 Å². The van der Waals surface area contributed by atoms with Gasteiger partial charge in [-0.15, -0.1) is 0 Å². The Labute approximate surface area is 164 Å². The Morgan fingerprint density at radius 1 is 1.11 bits per heavy atom. The molecular weight excluding hydrogens is 352 g/mol. The van der Waals surface area contributed by atoms with Crippen LogP contribution in [0.25, 0.3) is 0 Å². The monoisotopic (exact) mass is 374 g/mol. The quantitative estimate of drug-likeness (QED) is 0.661. The van der Waals surface area contributed by atoms with Crippen LogP contribution in [-0.4, -0.2) is 42.9 Å². The lowest BCUT2D eigenvalue weighted by Gasteiger charge is -2.27. The summed E-state index contributed by atoms with van der Waals surface area (Å²) in [6.07, 6.45) is 3.44. The highest BCUT2D eigenvalue weighted by atomic mass is 16.2. The molecule has 142 valence electrons. The molecule has 2 aromatic heterocycles. The molecule has 7 heteroatoms. The number of aliphatic hydroxyl groups excluding tert-OH is 1.